The summed E-state index contributed by atoms with van der Waals surface area (Å²) in [4.78, 5) is 10.0. The van der Waals surface area contributed by atoms with Crippen molar-refractivity contribution in [3.63, 3.8) is 0 Å². The zero-order valence-electron chi connectivity index (χ0n) is 12.5. The second kappa shape index (κ2) is 8.48. The molecule has 0 aliphatic rings. The van der Waals surface area contributed by atoms with Gasteiger partial charge < -0.3 is 0 Å². The fourth-order valence-electron chi connectivity index (χ4n) is 1.85. The molecule has 128 valence electrons. The van der Waals surface area contributed by atoms with Crippen LogP contribution in [0.5, 0.6) is 0 Å². The number of hydrogen-bond acceptors (Lipinski definition) is 5. The van der Waals surface area contributed by atoms with Crippen LogP contribution in [0, 0.1) is 10.1 Å². The Bertz CT molecular complexity index is 793. The molecule has 1 N–H and O–H groups in total. The number of nitrogens with one attached hydrogen (secondary N) is 1. The van der Waals surface area contributed by atoms with E-state index in [9.17, 15) is 18.5 Å². The molecule has 9 heteroatoms. The van der Waals surface area contributed by atoms with Crippen molar-refractivity contribution >= 4 is 39.1 Å². The SMILES string of the molecule is O=[N+]([O-])c1ccc(S(=O)(=O)NCCSCc2ccc(Cl)cc2)cc1. The molecule has 0 amide bonds. The number of rotatable bonds is 8. The van der Waals surface area contributed by atoms with E-state index in [0.717, 1.165) is 11.3 Å². The van der Waals surface area contributed by atoms with E-state index < -0.39 is 14.9 Å². The van der Waals surface area contributed by atoms with Crippen molar-refractivity contribution in [3.8, 4) is 0 Å². The predicted octanol–water partition coefficient (Wildman–Crippen LogP) is 3.46. The Labute approximate surface area is 149 Å². The molecule has 0 aliphatic carbocycles. The molecule has 0 atom stereocenters. The lowest BCUT2D eigenvalue weighted by molar-refractivity contribution is -0.384. The molecule has 0 spiro atoms. The van der Waals surface area contributed by atoms with Crippen LogP contribution in [0.25, 0.3) is 0 Å². The molecule has 0 aliphatic heterocycles. The third-order valence-electron chi connectivity index (χ3n) is 3.08. The molecule has 0 unspecified atom stereocenters. The van der Waals surface area contributed by atoms with Gasteiger partial charge in [0.2, 0.25) is 10.0 Å². The Kier molecular flexibility index (Phi) is 6.61. The minimum Gasteiger partial charge on any atom is -0.258 e. The van der Waals surface area contributed by atoms with Crippen LogP contribution >= 0.6 is 23.4 Å². The molecule has 2 aromatic rings. The molecule has 24 heavy (non-hydrogen) atoms. The smallest absolute Gasteiger partial charge is 0.258 e. The first kappa shape index (κ1) is 18.7. The maximum Gasteiger partial charge on any atom is 0.269 e. The summed E-state index contributed by atoms with van der Waals surface area (Å²) < 4.78 is 26.6. The standard InChI is InChI=1S/C15H15ClN2O4S2/c16-13-3-1-12(2-4-13)11-23-10-9-17-24(21,22)15-7-5-14(6-8-15)18(19)20/h1-8,17H,9-11H2. The molecule has 0 saturated heterocycles. The van der Waals surface area contributed by atoms with Crippen LogP contribution < -0.4 is 4.72 Å². The molecule has 2 rings (SSSR count). The van der Waals surface area contributed by atoms with Crippen LogP contribution in [-0.4, -0.2) is 25.6 Å². The Morgan fingerprint density at radius 2 is 1.71 bits per heavy atom. The van der Waals surface area contributed by atoms with Crippen LogP contribution in [0.2, 0.25) is 5.02 Å². The number of benzene rings is 2. The molecule has 0 fully saturated rings. The first-order valence-electron chi connectivity index (χ1n) is 6.95. The zero-order chi connectivity index (χ0) is 17.6. The van der Waals surface area contributed by atoms with E-state index in [2.05, 4.69) is 4.72 Å². The van der Waals surface area contributed by atoms with Crippen LogP contribution in [0.4, 0.5) is 5.69 Å². The zero-order valence-corrected chi connectivity index (χ0v) is 14.9. The number of sulfonamides is 1. The highest BCUT2D eigenvalue weighted by molar-refractivity contribution is 7.98. The minimum atomic E-state index is -3.66. The van der Waals surface area contributed by atoms with Gasteiger partial charge >= 0.3 is 0 Å². The Morgan fingerprint density at radius 3 is 2.29 bits per heavy atom. The second-order valence-electron chi connectivity index (χ2n) is 4.83. The van der Waals surface area contributed by atoms with Crippen molar-refractivity contribution in [2.75, 3.05) is 12.3 Å². The number of nitrogens with zero attached hydrogens (tertiary/aromatic N) is 1. The number of hydrogen-bond donors (Lipinski definition) is 1. The summed E-state index contributed by atoms with van der Waals surface area (Å²) in [6, 6.07) is 12.3. The lowest BCUT2D eigenvalue weighted by atomic mass is 10.2. The van der Waals surface area contributed by atoms with E-state index in [4.69, 9.17) is 11.6 Å². The summed E-state index contributed by atoms with van der Waals surface area (Å²) >= 11 is 7.41. The van der Waals surface area contributed by atoms with Gasteiger partial charge in [0.25, 0.3) is 5.69 Å². The van der Waals surface area contributed by atoms with Gasteiger partial charge in [-0.05, 0) is 29.8 Å². The second-order valence-corrected chi connectivity index (χ2v) is 8.14. The van der Waals surface area contributed by atoms with Gasteiger partial charge in [0.15, 0.2) is 0 Å². The lowest BCUT2D eigenvalue weighted by Gasteiger charge is -2.07. The van der Waals surface area contributed by atoms with Gasteiger partial charge in [-0.1, -0.05) is 23.7 Å². The number of non-ortho nitro benzene ring substituents is 1. The molecule has 0 bridgehead atoms. The predicted molar refractivity (Wildman–Crippen MR) is 95.9 cm³/mol. The van der Waals surface area contributed by atoms with Gasteiger partial charge in [-0.15, -0.1) is 0 Å². The maximum absolute atomic E-state index is 12.1. The van der Waals surface area contributed by atoms with Gasteiger partial charge in [0, 0.05) is 35.2 Å². The fraction of sp³-hybridized carbons (Fsp3) is 0.200. The largest absolute Gasteiger partial charge is 0.269 e. The van der Waals surface area contributed by atoms with Crippen molar-refractivity contribution in [1.82, 2.24) is 4.72 Å². The fourth-order valence-corrected chi connectivity index (χ4v) is 3.96. The van der Waals surface area contributed by atoms with E-state index in [1.54, 1.807) is 11.8 Å². The molecule has 6 nitrogen and oxygen atoms in total. The van der Waals surface area contributed by atoms with Gasteiger partial charge in [0.05, 0.1) is 9.82 Å². The summed E-state index contributed by atoms with van der Waals surface area (Å²) in [7, 11) is -3.66. The quantitative estimate of drug-likeness (QED) is 0.426. The van der Waals surface area contributed by atoms with Gasteiger partial charge in [-0.3, -0.25) is 10.1 Å². The van der Waals surface area contributed by atoms with Crippen LogP contribution in [0.3, 0.4) is 0 Å². The normalized spacial score (nSPS) is 11.4. The third-order valence-corrected chi connectivity index (χ3v) is 5.84. The van der Waals surface area contributed by atoms with E-state index in [1.807, 2.05) is 24.3 Å². The molecule has 0 radical (unpaired) electrons. The number of halogens is 1. The lowest BCUT2D eigenvalue weighted by Crippen LogP contribution is -2.26. The summed E-state index contributed by atoms with van der Waals surface area (Å²) in [5.74, 6) is 1.37. The Hall–Kier alpha value is -1.61. The Balaban J connectivity index is 1.80. The maximum atomic E-state index is 12.1. The topological polar surface area (TPSA) is 89.3 Å². The van der Waals surface area contributed by atoms with Gasteiger partial charge in [-0.25, -0.2) is 13.1 Å². The monoisotopic (exact) mass is 386 g/mol. The molecule has 0 aromatic heterocycles. The van der Waals surface area contributed by atoms with Crippen LogP contribution in [-0.2, 0) is 15.8 Å². The van der Waals surface area contributed by atoms with Gasteiger partial charge in [-0.2, -0.15) is 11.8 Å². The van der Waals surface area contributed by atoms with Crippen LogP contribution in [0.15, 0.2) is 53.4 Å². The summed E-state index contributed by atoms with van der Waals surface area (Å²) in [5, 5.41) is 11.3. The van der Waals surface area contributed by atoms with Crippen molar-refractivity contribution in [2.24, 2.45) is 0 Å². The van der Waals surface area contributed by atoms with Crippen LogP contribution in [0.1, 0.15) is 5.56 Å². The third kappa shape index (κ3) is 5.48. The summed E-state index contributed by atoms with van der Waals surface area (Å²) in [5.41, 5.74) is 0.968. The molecule has 0 saturated carbocycles. The summed E-state index contributed by atoms with van der Waals surface area (Å²) in [6.07, 6.45) is 0. The highest BCUT2D eigenvalue weighted by Gasteiger charge is 2.15. The first-order valence-corrected chi connectivity index (χ1v) is 9.96. The van der Waals surface area contributed by atoms with E-state index in [-0.39, 0.29) is 17.1 Å². The molecule has 2 aromatic carbocycles. The van der Waals surface area contributed by atoms with Crippen molar-refractivity contribution < 1.29 is 13.3 Å². The van der Waals surface area contributed by atoms with Gasteiger partial charge in [0.1, 0.15) is 0 Å². The average Bonchev–Trinajstić information content (AvgIpc) is 2.56. The Morgan fingerprint density at radius 1 is 1.08 bits per heavy atom. The number of nitro benzene ring substituents is 1. The highest BCUT2D eigenvalue weighted by Crippen LogP contribution is 2.17. The van der Waals surface area contributed by atoms with Crippen molar-refractivity contribution in [1.29, 1.82) is 0 Å². The first-order chi connectivity index (χ1) is 11.4. The van der Waals surface area contributed by atoms with E-state index >= 15 is 0 Å². The molecular weight excluding hydrogens is 372 g/mol. The van der Waals surface area contributed by atoms with E-state index in [0.29, 0.717) is 10.8 Å². The molecule has 0 heterocycles. The summed E-state index contributed by atoms with van der Waals surface area (Å²) in [6.45, 7) is 0.275. The van der Waals surface area contributed by atoms with Crippen molar-refractivity contribution in [3.05, 3.63) is 69.2 Å². The highest BCUT2D eigenvalue weighted by atomic mass is 35.5. The van der Waals surface area contributed by atoms with E-state index in [1.165, 1.54) is 24.3 Å². The molecular formula is C15H15ClN2O4S2. The number of thioether (sulfide) groups is 1. The minimum absolute atomic E-state index is 0.0100. The van der Waals surface area contributed by atoms with Crippen molar-refractivity contribution in [2.45, 2.75) is 10.6 Å². The number of nitro groups is 1. The average molecular weight is 387 g/mol.